The molecular weight excluding hydrogens is 428 g/mol. The van der Waals surface area contributed by atoms with Gasteiger partial charge in [0.1, 0.15) is 5.69 Å². The molecule has 2 aliphatic rings. The summed E-state index contributed by atoms with van der Waals surface area (Å²) in [5, 5.41) is 4.53. The van der Waals surface area contributed by atoms with Gasteiger partial charge in [-0.05, 0) is 51.0 Å². The second-order valence-corrected chi connectivity index (χ2v) is 9.14. The largest absolute Gasteiger partial charge is 0.453 e. The molecule has 1 amide bonds. The van der Waals surface area contributed by atoms with E-state index in [1.165, 1.54) is 11.6 Å². The molecule has 2 fully saturated rings. The predicted octanol–water partition coefficient (Wildman–Crippen LogP) is 5.20. The van der Waals surface area contributed by atoms with Crippen molar-refractivity contribution in [2.75, 3.05) is 20.2 Å². The van der Waals surface area contributed by atoms with Crippen molar-refractivity contribution in [3.05, 3.63) is 29.0 Å². The maximum atomic E-state index is 15.4. The fourth-order valence-electron chi connectivity index (χ4n) is 5.13. The topological polar surface area (TPSA) is 59.7 Å². The number of hydrogen-bond donors (Lipinski definition) is 0. The van der Waals surface area contributed by atoms with Gasteiger partial charge in [-0.2, -0.15) is 18.3 Å². The molecule has 176 valence electrons. The van der Waals surface area contributed by atoms with Crippen LogP contribution < -0.4 is 0 Å². The molecule has 2 aromatic heterocycles. The summed E-state index contributed by atoms with van der Waals surface area (Å²) in [6.07, 6.45) is -3.40. The number of aromatic nitrogens is 3. The van der Waals surface area contributed by atoms with Gasteiger partial charge in [-0.25, -0.2) is 18.7 Å². The highest BCUT2D eigenvalue weighted by atomic mass is 19.4. The number of piperidine rings is 1. The molecule has 0 unspecified atom stereocenters. The number of likely N-dealkylation sites (tertiary alicyclic amines) is 1. The zero-order valence-corrected chi connectivity index (χ0v) is 18.5. The Labute approximate surface area is 183 Å². The standard InChI is InChI=1S/C22H28F4N4O2/c1-12-8-9-29(21(31)32-3)11-16(12)17-10-13(2)27-20-18(23)19(28-30(17)20)14-4-6-15(7-5-14)22(24,25)26/h10,12,14-16H,4-9,11H2,1-3H3/t12-,14-,15-,16-/m0/s1. The molecule has 10 heteroatoms. The van der Waals surface area contributed by atoms with E-state index in [0.717, 1.165) is 12.1 Å². The van der Waals surface area contributed by atoms with Crippen molar-refractivity contribution in [2.24, 2.45) is 11.8 Å². The third kappa shape index (κ3) is 4.15. The Hall–Kier alpha value is -2.39. The van der Waals surface area contributed by atoms with Gasteiger partial charge in [0, 0.05) is 30.6 Å². The quantitative estimate of drug-likeness (QED) is 0.583. The van der Waals surface area contributed by atoms with Crippen molar-refractivity contribution in [3.8, 4) is 0 Å². The molecule has 2 aromatic rings. The molecule has 3 heterocycles. The van der Waals surface area contributed by atoms with Crippen LogP contribution in [0.15, 0.2) is 6.07 Å². The van der Waals surface area contributed by atoms with E-state index in [-0.39, 0.29) is 54.8 Å². The van der Waals surface area contributed by atoms with Gasteiger partial charge in [0.05, 0.1) is 18.7 Å². The number of alkyl halides is 3. The number of nitrogens with zero attached hydrogens (tertiary/aromatic N) is 4. The summed E-state index contributed by atoms with van der Waals surface area (Å²) < 4.78 is 60.8. The third-order valence-electron chi connectivity index (χ3n) is 7.06. The fourth-order valence-corrected chi connectivity index (χ4v) is 5.13. The fraction of sp³-hybridized carbons (Fsp3) is 0.682. The number of carbonyl (C=O) groups is 1. The van der Waals surface area contributed by atoms with Crippen LogP contribution in [-0.4, -0.2) is 52.0 Å². The van der Waals surface area contributed by atoms with Crippen molar-refractivity contribution in [3.63, 3.8) is 0 Å². The van der Waals surface area contributed by atoms with Crippen LogP contribution in [0.3, 0.4) is 0 Å². The lowest BCUT2D eigenvalue weighted by Crippen LogP contribution is -2.42. The first-order chi connectivity index (χ1) is 15.1. The summed E-state index contributed by atoms with van der Waals surface area (Å²) in [7, 11) is 1.34. The number of ether oxygens (including phenoxy) is 1. The minimum absolute atomic E-state index is 0.0193. The maximum absolute atomic E-state index is 15.4. The number of methoxy groups -OCH3 is 1. The van der Waals surface area contributed by atoms with Gasteiger partial charge in [0.15, 0.2) is 11.5 Å². The summed E-state index contributed by atoms with van der Waals surface area (Å²) in [5.74, 6) is -2.13. The maximum Gasteiger partial charge on any atom is 0.409 e. The van der Waals surface area contributed by atoms with Gasteiger partial charge in [-0.15, -0.1) is 0 Å². The SMILES string of the molecule is COC(=O)N1CC[C@H](C)[C@@H](c2cc(C)nc3c(F)c([C@H]4CC[C@H](C(F)(F)F)CC4)nn23)C1. The minimum Gasteiger partial charge on any atom is -0.453 e. The molecular formula is C22H28F4N4O2. The number of carbonyl (C=O) groups excluding carboxylic acids is 1. The first-order valence-electron chi connectivity index (χ1n) is 11.1. The molecule has 0 spiro atoms. The molecule has 6 nitrogen and oxygen atoms in total. The number of amides is 1. The summed E-state index contributed by atoms with van der Waals surface area (Å²) in [6.45, 7) is 4.86. The van der Waals surface area contributed by atoms with E-state index in [2.05, 4.69) is 17.0 Å². The van der Waals surface area contributed by atoms with Crippen LogP contribution in [0.4, 0.5) is 22.4 Å². The molecule has 32 heavy (non-hydrogen) atoms. The Morgan fingerprint density at radius 2 is 1.88 bits per heavy atom. The van der Waals surface area contributed by atoms with Crippen LogP contribution in [0.25, 0.3) is 5.65 Å². The molecule has 1 saturated carbocycles. The summed E-state index contributed by atoms with van der Waals surface area (Å²) in [6, 6.07) is 1.85. The molecule has 0 N–H and O–H groups in total. The van der Waals surface area contributed by atoms with E-state index in [4.69, 9.17) is 4.74 Å². The molecule has 0 bridgehead atoms. The lowest BCUT2D eigenvalue weighted by molar-refractivity contribution is -0.182. The number of fused-ring (bicyclic) bond motifs is 1. The van der Waals surface area contributed by atoms with Gasteiger partial charge in [-0.1, -0.05) is 6.92 Å². The number of hydrogen-bond acceptors (Lipinski definition) is 4. The monoisotopic (exact) mass is 456 g/mol. The molecule has 1 aliphatic carbocycles. The van der Waals surface area contributed by atoms with E-state index in [9.17, 15) is 18.0 Å². The van der Waals surface area contributed by atoms with E-state index in [1.807, 2.05) is 6.07 Å². The Bertz CT molecular complexity index is 998. The predicted molar refractivity (Wildman–Crippen MR) is 109 cm³/mol. The smallest absolute Gasteiger partial charge is 0.409 e. The lowest BCUT2D eigenvalue weighted by Gasteiger charge is -2.36. The van der Waals surface area contributed by atoms with Crippen molar-refractivity contribution in [1.82, 2.24) is 19.5 Å². The van der Waals surface area contributed by atoms with E-state index < -0.39 is 24.0 Å². The number of halogens is 4. The molecule has 0 radical (unpaired) electrons. The Kier molecular flexibility index (Phi) is 6.06. The highest BCUT2D eigenvalue weighted by Crippen LogP contribution is 2.43. The molecule has 1 aliphatic heterocycles. The highest BCUT2D eigenvalue weighted by molar-refractivity contribution is 5.67. The number of rotatable bonds is 2. The van der Waals surface area contributed by atoms with Crippen LogP contribution in [0, 0.1) is 24.6 Å². The highest BCUT2D eigenvalue weighted by Gasteiger charge is 2.42. The Balaban J connectivity index is 1.68. The summed E-state index contributed by atoms with van der Waals surface area (Å²) >= 11 is 0. The minimum atomic E-state index is -4.21. The van der Waals surface area contributed by atoms with Crippen LogP contribution in [0.5, 0.6) is 0 Å². The summed E-state index contributed by atoms with van der Waals surface area (Å²) in [4.78, 5) is 18.0. The van der Waals surface area contributed by atoms with Gasteiger partial charge < -0.3 is 9.64 Å². The second kappa shape index (κ2) is 8.51. The van der Waals surface area contributed by atoms with E-state index in [0.29, 0.717) is 18.8 Å². The van der Waals surface area contributed by atoms with E-state index >= 15 is 4.39 Å². The second-order valence-electron chi connectivity index (χ2n) is 9.14. The average molecular weight is 456 g/mol. The molecule has 1 saturated heterocycles. The van der Waals surface area contributed by atoms with E-state index in [1.54, 1.807) is 11.8 Å². The first-order valence-corrected chi connectivity index (χ1v) is 11.1. The third-order valence-corrected chi connectivity index (χ3v) is 7.06. The van der Waals surface area contributed by atoms with Crippen LogP contribution >= 0.6 is 0 Å². The molecule has 2 atom stereocenters. The Morgan fingerprint density at radius 1 is 1.19 bits per heavy atom. The lowest BCUT2D eigenvalue weighted by atomic mass is 9.80. The summed E-state index contributed by atoms with van der Waals surface area (Å²) in [5.41, 5.74) is 1.66. The van der Waals surface area contributed by atoms with Crippen molar-refractivity contribution in [1.29, 1.82) is 0 Å². The van der Waals surface area contributed by atoms with Crippen LogP contribution in [0.1, 0.15) is 67.9 Å². The van der Waals surface area contributed by atoms with Crippen molar-refractivity contribution in [2.45, 2.75) is 64.0 Å². The molecule has 4 rings (SSSR count). The number of aryl methyl sites for hydroxylation is 1. The zero-order valence-electron chi connectivity index (χ0n) is 18.5. The van der Waals surface area contributed by atoms with Gasteiger partial charge in [-0.3, -0.25) is 0 Å². The molecule has 0 aromatic carbocycles. The van der Waals surface area contributed by atoms with Crippen LogP contribution in [0.2, 0.25) is 0 Å². The van der Waals surface area contributed by atoms with Gasteiger partial charge >= 0.3 is 12.3 Å². The first kappa shape index (κ1) is 22.8. The normalized spacial score (nSPS) is 27.0. The van der Waals surface area contributed by atoms with Gasteiger partial charge in [0.25, 0.3) is 0 Å². The van der Waals surface area contributed by atoms with Crippen LogP contribution in [-0.2, 0) is 4.74 Å². The van der Waals surface area contributed by atoms with Gasteiger partial charge in [0.2, 0.25) is 0 Å². The Morgan fingerprint density at radius 3 is 2.50 bits per heavy atom. The average Bonchev–Trinajstić information content (AvgIpc) is 3.09. The van der Waals surface area contributed by atoms with Crippen molar-refractivity contribution >= 4 is 11.7 Å². The van der Waals surface area contributed by atoms with Crippen molar-refractivity contribution < 1.29 is 27.1 Å². The zero-order chi connectivity index (χ0) is 23.2.